The molecule has 0 saturated carbocycles. The molecule has 0 aliphatic carbocycles. The number of aromatic nitrogens is 2. The van der Waals surface area contributed by atoms with Gasteiger partial charge in [-0.25, -0.2) is 4.98 Å². The van der Waals surface area contributed by atoms with Crippen LogP contribution in [0.2, 0.25) is 0 Å². The van der Waals surface area contributed by atoms with Crippen LogP contribution in [0.3, 0.4) is 0 Å². The van der Waals surface area contributed by atoms with Gasteiger partial charge in [-0.15, -0.1) is 0 Å². The van der Waals surface area contributed by atoms with Crippen LogP contribution in [0.15, 0.2) is 67.1 Å². The number of ether oxygens (including phenoxy) is 1. The molecule has 0 unspecified atom stereocenters. The largest absolute Gasteiger partial charge is 0.380 e. The van der Waals surface area contributed by atoms with Crippen molar-refractivity contribution < 1.29 is 9.53 Å². The Hall–Kier alpha value is -2.96. The van der Waals surface area contributed by atoms with Crippen molar-refractivity contribution in [2.75, 3.05) is 7.11 Å². The Balaban J connectivity index is 1.47. The van der Waals surface area contributed by atoms with Crippen molar-refractivity contribution >= 4 is 5.91 Å². The molecular weight excluding hydrogens is 352 g/mol. The summed E-state index contributed by atoms with van der Waals surface area (Å²) in [4.78, 5) is 16.7. The summed E-state index contributed by atoms with van der Waals surface area (Å²) >= 11 is 0. The fourth-order valence-electron chi connectivity index (χ4n) is 2.95. The highest BCUT2D eigenvalue weighted by Gasteiger charge is 2.15. The molecule has 0 saturated heterocycles. The number of nitrogens with zero attached hydrogens (tertiary/aromatic N) is 2. The lowest BCUT2D eigenvalue weighted by Crippen LogP contribution is -2.41. The van der Waals surface area contributed by atoms with Gasteiger partial charge in [-0.3, -0.25) is 4.79 Å². The zero-order valence-electron chi connectivity index (χ0n) is 16.0. The second kappa shape index (κ2) is 9.82. The van der Waals surface area contributed by atoms with E-state index in [1.54, 1.807) is 13.4 Å². The SMILES string of the molecule is COCc1ccc(CNC(=O)[C@@H](N)Cc2cn(Cc3ccccc3)cn2)cc1. The lowest BCUT2D eigenvalue weighted by atomic mass is 10.1. The smallest absolute Gasteiger partial charge is 0.237 e. The lowest BCUT2D eigenvalue weighted by Gasteiger charge is -2.11. The molecule has 1 atom stereocenters. The average Bonchev–Trinajstić information content (AvgIpc) is 3.15. The summed E-state index contributed by atoms with van der Waals surface area (Å²) in [7, 11) is 1.67. The van der Waals surface area contributed by atoms with Crippen molar-refractivity contribution in [1.82, 2.24) is 14.9 Å². The molecule has 6 heteroatoms. The summed E-state index contributed by atoms with van der Waals surface area (Å²) in [6, 6.07) is 17.5. The molecule has 2 aromatic carbocycles. The zero-order valence-corrected chi connectivity index (χ0v) is 16.0. The van der Waals surface area contributed by atoms with Gasteiger partial charge in [0.25, 0.3) is 0 Å². The lowest BCUT2D eigenvalue weighted by molar-refractivity contribution is -0.122. The summed E-state index contributed by atoms with van der Waals surface area (Å²) in [5.74, 6) is -0.182. The van der Waals surface area contributed by atoms with Gasteiger partial charge in [0.1, 0.15) is 0 Å². The maximum absolute atomic E-state index is 12.3. The highest BCUT2D eigenvalue weighted by molar-refractivity contribution is 5.81. The summed E-state index contributed by atoms with van der Waals surface area (Å²) < 4.78 is 7.09. The number of imidazole rings is 1. The van der Waals surface area contributed by atoms with E-state index in [1.165, 1.54) is 5.56 Å². The molecule has 3 rings (SSSR count). The Kier molecular flexibility index (Phi) is 6.94. The van der Waals surface area contributed by atoms with Gasteiger partial charge in [-0.1, -0.05) is 54.6 Å². The quantitative estimate of drug-likeness (QED) is 0.598. The molecule has 1 heterocycles. The molecule has 1 aromatic heterocycles. The van der Waals surface area contributed by atoms with E-state index in [4.69, 9.17) is 10.5 Å². The zero-order chi connectivity index (χ0) is 19.8. The standard InChI is InChI=1S/C22H26N4O2/c1-28-15-19-9-7-17(8-10-19)12-24-22(27)21(23)11-20-14-26(16-25-20)13-18-5-3-2-4-6-18/h2-10,14,16,21H,11-13,15,23H2,1H3,(H,24,27)/t21-/m0/s1. The molecule has 146 valence electrons. The van der Waals surface area contributed by atoms with Gasteiger partial charge >= 0.3 is 0 Å². The van der Waals surface area contributed by atoms with Gasteiger partial charge in [0.05, 0.1) is 24.7 Å². The number of hydrogen-bond donors (Lipinski definition) is 2. The van der Waals surface area contributed by atoms with Crippen molar-refractivity contribution in [3.05, 3.63) is 89.5 Å². The second-order valence-corrected chi connectivity index (χ2v) is 6.80. The van der Waals surface area contributed by atoms with Crippen molar-refractivity contribution in [3.8, 4) is 0 Å². The highest BCUT2D eigenvalue weighted by Crippen LogP contribution is 2.07. The van der Waals surface area contributed by atoms with Crippen LogP contribution < -0.4 is 11.1 Å². The fourth-order valence-corrected chi connectivity index (χ4v) is 2.95. The molecule has 3 N–H and O–H groups in total. The van der Waals surface area contributed by atoms with E-state index in [0.29, 0.717) is 19.6 Å². The number of carbonyl (C=O) groups excluding carboxylic acids is 1. The van der Waals surface area contributed by atoms with Gasteiger partial charge in [0.15, 0.2) is 0 Å². The maximum Gasteiger partial charge on any atom is 0.237 e. The molecule has 0 radical (unpaired) electrons. The molecule has 1 amide bonds. The molecular formula is C22H26N4O2. The van der Waals surface area contributed by atoms with Crippen LogP contribution in [0.5, 0.6) is 0 Å². The molecule has 3 aromatic rings. The fraction of sp³-hybridized carbons (Fsp3) is 0.273. The average molecular weight is 378 g/mol. The monoisotopic (exact) mass is 378 g/mol. The van der Waals surface area contributed by atoms with E-state index >= 15 is 0 Å². The maximum atomic E-state index is 12.3. The van der Waals surface area contributed by atoms with E-state index in [0.717, 1.165) is 23.4 Å². The van der Waals surface area contributed by atoms with E-state index in [9.17, 15) is 4.79 Å². The number of benzene rings is 2. The minimum Gasteiger partial charge on any atom is -0.380 e. The van der Waals surface area contributed by atoms with Crippen LogP contribution in [0.4, 0.5) is 0 Å². The number of rotatable bonds is 9. The number of hydrogen-bond acceptors (Lipinski definition) is 4. The minimum atomic E-state index is -0.632. The first kappa shape index (κ1) is 19.8. The topological polar surface area (TPSA) is 82.2 Å². The van der Waals surface area contributed by atoms with Crippen molar-refractivity contribution in [3.63, 3.8) is 0 Å². The van der Waals surface area contributed by atoms with Crippen LogP contribution in [-0.2, 0) is 35.6 Å². The van der Waals surface area contributed by atoms with Crippen LogP contribution >= 0.6 is 0 Å². The Labute approximate surface area is 165 Å². The molecule has 0 aliphatic heterocycles. The third-order valence-corrected chi connectivity index (χ3v) is 4.46. The number of carbonyl (C=O) groups is 1. The van der Waals surface area contributed by atoms with E-state index in [2.05, 4.69) is 22.4 Å². The van der Waals surface area contributed by atoms with Crippen molar-refractivity contribution in [1.29, 1.82) is 0 Å². The van der Waals surface area contributed by atoms with Crippen molar-refractivity contribution in [2.45, 2.75) is 32.2 Å². The molecule has 0 spiro atoms. The van der Waals surface area contributed by atoms with E-state index in [-0.39, 0.29) is 5.91 Å². The second-order valence-electron chi connectivity index (χ2n) is 6.80. The molecule has 0 fully saturated rings. The van der Waals surface area contributed by atoms with Crippen LogP contribution in [0.25, 0.3) is 0 Å². The summed E-state index contributed by atoms with van der Waals surface area (Å²) in [6.07, 6.45) is 4.11. The molecule has 0 bridgehead atoms. The first-order valence-electron chi connectivity index (χ1n) is 9.28. The third kappa shape index (κ3) is 5.77. The molecule has 0 aliphatic rings. The first-order chi connectivity index (χ1) is 13.6. The normalized spacial score (nSPS) is 11.9. The Morgan fingerprint density at radius 2 is 1.82 bits per heavy atom. The Morgan fingerprint density at radius 3 is 2.54 bits per heavy atom. The number of amides is 1. The molecule has 28 heavy (non-hydrogen) atoms. The number of nitrogens with two attached hydrogens (primary N) is 1. The van der Waals surface area contributed by atoms with Crippen LogP contribution in [0.1, 0.15) is 22.4 Å². The predicted octanol–water partition coefficient (Wildman–Crippen LogP) is 2.26. The van der Waals surface area contributed by atoms with E-state index in [1.807, 2.05) is 53.2 Å². The van der Waals surface area contributed by atoms with Crippen LogP contribution in [-0.4, -0.2) is 28.6 Å². The van der Waals surface area contributed by atoms with Crippen LogP contribution in [0, 0.1) is 0 Å². The highest BCUT2D eigenvalue weighted by atomic mass is 16.5. The van der Waals surface area contributed by atoms with Gasteiger partial charge in [0, 0.05) is 32.8 Å². The van der Waals surface area contributed by atoms with Gasteiger partial charge in [-0.2, -0.15) is 0 Å². The van der Waals surface area contributed by atoms with Gasteiger partial charge in [-0.05, 0) is 16.7 Å². The first-order valence-corrected chi connectivity index (χ1v) is 9.28. The third-order valence-electron chi connectivity index (χ3n) is 4.46. The van der Waals surface area contributed by atoms with E-state index < -0.39 is 6.04 Å². The Morgan fingerprint density at radius 1 is 1.11 bits per heavy atom. The van der Waals surface area contributed by atoms with Gasteiger partial charge < -0.3 is 20.4 Å². The van der Waals surface area contributed by atoms with Gasteiger partial charge in [0.2, 0.25) is 5.91 Å². The molecule has 6 nitrogen and oxygen atoms in total. The predicted molar refractivity (Wildman–Crippen MR) is 108 cm³/mol. The summed E-state index contributed by atoms with van der Waals surface area (Å²) in [5.41, 5.74) is 10.2. The number of nitrogens with one attached hydrogen (secondary N) is 1. The summed E-state index contributed by atoms with van der Waals surface area (Å²) in [6.45, 7) is 1.77. The van der Waals surface area contributed by atoms with Crippen molar-refractivity contribution in [2.24, 2.45) is 5.73 Å². The number of methoxy groups -OCH3 is 1. The Bertz CT molecular complexity index is 875. The minimum absolute atomic E-state index is 0.182. The summed E-state index contributed by atoms with van der Waals surface area (Å²) in [5, 5.41) is 2.89.